The SMILES string of the molecule is CNC(=O)C(Cc1ccccc1)N(Cc1cccc(Br)c1)C(=O)CN(c1cc(Cl)ccc1Cl)S(C)(=O)=O. The highest BCUT2D eigenvalue weighted by molar-refractivity contribution is 9.10. The number of nitrogens with one attached hydrogen (secondary N) is 1. The highest BCUT2D eigenvalue weighted by Crippen LogP contribution is 2.31. The fourth-order valence-corrected chi connectivity index (χ4v) is 5.56. The van der Waals surface area contributed by atoms with Gasteiger partial charge in [-0.05, 0) is 41.5 Å². The van der Waals surface area contributed by atoms with Gasteiger partial charge in [0, 0.05) is 29.5 Å². The number of carbonyl (C=O) groups excluding carboxylic acids is 2. The maximum absolute atomic E-state index is 13.9. The van der Waals surface area contributed by atoms with Crippen LogP contribution in [0.1, 0.15) is 11.1 Å². The molecule has 3 aromatic carbocycles. The van der Waals surface area contributed by atoms with Gasteiger partial charge in [0.15, 0.2) is 0 Å². The van der Waals surface area contributed by atoms with E-state index in [0.717, 1.165) is 26.2 Å². The van der Waals surface area contributed by atoms with E-state index in [2.05, 4.69) is 21.2 Å². The lowest BCUT2D eigenvalue weighted by Crippen LogP contribution is -2.52. The van der Waals surface area contributed by atoms with Gasteiger partial charge in [0.25, 0.3) is 0 Å². The molecule has 11 heteroatoms. The van der Waals surface area contributed by atoms with Gasteiger partial charge in [-0.3, -0.25) is 13.9 Å². The van der Waals surface area contributed by atoms with Crippen LogP contribution in [0.25, 0.3) is 0 Å². The molecule has 0 heterocycles. The predicted octanol–water partition coefficient (Wildman–Crippen LogP) is 4.91. The number of sulfonamides is 1. The molecule has 1 N–H and O–H groups in total. The van der Waals surface area contributed by atoms with E-state index in [1.165, 1.54) is 30.1 Å². The molecule has 0 aliphatic carbocycles. The van der Waals surface area contributed by atoms with Gasteiger partial charge in [-0.15, -0.1) is 0 Å². The molecule has 0 fully saturated rings. The summed E-state index contributed by atoms with van der Waals surface area (Å²) in [5.74, 6) is -0.954. The average molecular weight is 627 g/mol. The molecule has 3 rings (SSSR count). The minimum Gasteiger partial charge on any atom is -0.357 e. The van der Waals surface area contributed by atoms with Crippen molar-refractivity contribution in [3.05, 3.63) is 98.4 Å². The zero-order valence-electron chi connectivity index (χ0n) is 20.2. The highest BCUT2D eigenvalue weighted by atomic mass is 79.9. The summed E-state index contributed by atoms with van der Waals surface area (Å²) in [5.41, 5.74) is 1.68. The van der Waals surface area contributed by atoms with Crippen LogP contribution in [0.3, 0.4) is 0 Å². The third kappa shape index (κ3) is 7.95. The van der Waals surface area contributed by atoms with Crippen molar-refractivity contribution in [2.45, 2.75) is 19.0 Å². The standard InChI is InChI=1S/C26H26BrCl2N3O4S/c1-30-26(34)24(14-18-7-4-3-5-8-18)31(16-19-9-6-10-20(27)13-19)25(33)17-32(37(2,35)36)23-15-21(28)11-12-22(23)29/h3-13,15,24H,14,16-17H2,1-2H3,(H,30,34). The Morgan fingerprint density at radius 1 is 0.973 bits per heavy atom. The van der Waals surface area contributed by atoms with Gasteiger partial charge < -0.3 is 10.2 Å². The number of likely N-dealkylation sites (N-methyl/N-ethyl adjacent to an activating group) is 1. The molecular formula is C26H26BrCl2N3O4S. The van der Waals surface area contributed by atoms with Crippen molar-refractivity contribution < 1.29 is 18.0 Å². The zero-order chi connectivity index (χ0) is 27.2. The van der Waals surface area contributed by atoms with Gasteiger partial charge in [-0.2, -0.15) is 0 Å². The summed E-state index contributed by atoms with van der Waals surface area (Å²) in [5, 5.41) is 3.02. The number of hydrogen-bond donors (Lipinski definition) is 1. The molecule has 2 amide bonds. The summed E-state index contributed by atoms with van der Waals surface area (Å²) in [4.78, 5) is 28.3. The summed E-state index contributed by atoms with van der Waals surface area (Å²) in [6.45, 7) is -0.501. The number of rotatable bonds is 10. The summed E-state index contributed by atoms with van der Waals surface area (Å²) >= 11 is 15.8. The van der Waals surface area contributed by atoms with E-state index in [-0.39, 0.29) is 34.6 Å². The second kappa shape index (κ2) is 12.8. The van der Waals surface area contributed by atoms with E-state index >= 15 is 0 Å². The third-order valence-electron chi connectivity index (χ3n) is 5.62. The molecule has 0 saturated carbocycles. The second-order valence-electron chi connectivity index (χ2n) is 8.34. The van der Waals surface area contributed by atoms with Crippen molar-refractivity contribution in [3.8, 4) is 0 Å². The van der Waals surface area contributed by atoms with Crippen molar-refractivity contribution in [2.24, 2.45) is 0 Å². The molecule has 1 atom stereocenters. The molecule has 0 aliphatic heterocycles. The molecule has 0 saturated heterocycles. The Balaban J connectivity index is 2.06. The first-order valence-corrected chi connectivity index (χ1v) is 14.6. The molecule has 0 radical (unpaired) electrons. The van der Waals surface area contributed by atoms with Crippen LogP contribution in [-0.4, -0.2) is 51.0 Å². The quantitative estimate of drug-likeness (QED) is 0.347. The first-order valence-electron chi connectivity index (χ1n) is 11.2. The normalized spacial score (nSPS) is 12.0. The van der Waals surface area contributed by atoms with Crippen LogP contribution >= 0.6 is 39.1 Å². The van der Waals surface area contributed by atoms with Gasteiger partial charge in [-0.25, -0.2) is 8.42 Å². The Kier molecular flexibility index (Phi) is 10.0. The maximum atomic E-state index is 13.9. The van der Waals surface area contributed by atoms with Crippen molar-refractivity contribution in [1.82, 2.24) is 10.2 Å². The minimum absolute atomic E-state index is 0.0735. The Bertz CT molecular complexity index is 1370. The fraction of sp³-hybridized carbons (Fsp3) is 0.231. The first kappa shape index (κ1) is 29.0. The second-order valence-corrected chi connectivity index (χ2v) is 12.0. The first-order chi connectivity index (χ1) is 17.5. The van der Waals surface area contributed by atoms with E-state index in [0.29, 0.717) is 0 Å². The summed E-state index contributed by atoms with van der Waals surface area (Å²) < 4.78 is 27.3. The van der Waals surface area contributed by atoms with E-state index in [1.807, 2.05) is 54.6 Å². The molecule has 3 aromatic rings. The van der Waals surface area contributed by atoms with Crippen LogP contribution in [0.5, 0.6) is 0 Å². The fourth-order valence-electron chi connectivity index (χ4n) is 3.82. The third-order valence-corrected chi connectivity index (χ3v) is 7.79. The zero-order valence-corrected chi connectivity index (χ0v) is 24.1. The predicted molar refractivity (Wildman–Crippen MR) is 151 cm³/mol. The molecule has 0 bridgehead atoms. The number of benzene rings is 3. The van der Waals surface area contributed by atoms with Crippen molar-refractivity contribution >= 4 is 66.7 Å². The number of anilines is 1. The Morgan fingerprint density at radius 2 is 1.65 bits per heavy atom. The van der Waals surface area contributed by atoms with Crippen LogP contribution in [0.15, 0.2) is 77.3 Å². The van der Waals surface area contributed by atoms with E-state index < -0.39 is 28.5 Å². The van der Waals surface area contributed by atoms with Crippen molar-refractivity contribution in [1.29, 1.82) is 0 Å². The smallest absolute Gasteiger partial charge is 0.244 e. The lowest BCUT2D eigenvalue weighted by molar-refractivity contribution is -0.139. The van der Waals surface area contributed by atoms with Crippen LogP contribution in [-0.2, 0) is 32.6 Å². The molecule has 37 heavy (non-hydrogen) atoms. The van der Waals surface area contributed by atoms with Crippen LogP contribution in [0, 0.1) is 0 Å². The monoisotopic (exact) mass is 625 g/mol. The van der Waals surface area contributed by atoms with Gasteiger partial charge >= 0.3 is 0 Å². The van der Waals surface area contributed by atoms with E-state index in [4.69, 9.17) is 23.2 Å². The van der Waals surface area contributed by atoms with Gasteiger partial charge in [0.2, 0.25) is 21.8 Å². The lowest BCUT2D eigenvalue weighted by Gasteiger charge is -2.33. The Labute approximate surface area is 235 Å². The van der Waals surface area contributed by atoms with Crippen LogP contribution < -0.4 is 9.62 Å². The summed E-state index contributed by atoms with van der Waals surface area (Å²) in [6.07, 6.45) is 1.22. The molecule has 0 aliphatic rings. The highest BCUT2D eigenvalue weighted by Gasteiger charge is 2.33. The van der Waals surface area contributed by atoms with Crippen LogP contribution in [0.2, 0.25) is 10.0 Å². The Morgan fingerprint density at radius 3 is 2.27 bits per heavy atom. The molecular weight excluding hydrogens is 601 g/mol. The number of amides is 2. The van der Waals surface area contributed by atoms with Gasteiger partial charge in [0.1, 0.15) is 12.6 Å². The number of halogens is 3. The largest absolute Gasteiger partial charge is 0.357 e. The topological polar surface area (TPSA) is 86.8 Å². The van der Waals surface area contributed by atoms with E-state index in [1.54, 1.807) is 0 Å². The van der Waals surface area contributed by atoms with Crippen molar-refractivity contribution in [2.75, 3.05) is 24.2 Å². The molecule has 0 aromatic heterocycles. The van der Waals surface area contributed by atoms with E-state index in [9.17, 15) is 18.0 Å². The van der Waals surface area contributed by atoms with Gasteiger partial charge in [-0.1, -0.05) is 81.6 Å². The summed E-state index contributed by atoms with van der Waals surface area (Å²) in [6, 6.07) is 20.1. The number of nitrogens with zero attached hydrogens (tertiary/aromatic N) is 2. The molecule has 7 nitrogen and oxygen atoms in total. The van der Waals surface area contributed by atoms with Crippen molar-refractivity contribution in [3.63, 3.8) is 0 Å². The van der Waals surface area contributed by atoms with Gasteiger partial charge in [0.05, 0.1) is 17.0 Å². The number of carbonyl (C=O) groups is 2. The molecule has 196 valence electrons. The Hall–Kier alpha value is -2.59. The number of hydrogen-bond acceptors (Lipinski definition) is 4. The average Bonchev–Trinajstić information content (AvgIpc) is 2.85. The molecule has 1 unspecified atom stereocenters. The minimum atomic E-state index is -3.94. The van der Waals surface area contributed by atoms with Crippen LogP contribution in [0.4, 0.5) is 5.69 Å². The lowest BCUT2D eigenvalue weighted by atomic mass is 10.0. The maximum Gasteiger partial charge on any atom is 0.244 e. The summed E-state index contributed by atoms with van der Waals surface area (Å²) in [7, 11) is -2.44. The molecule has 0 spiro atoms.